The highest BCUT2D eigenvalue weighted by Gasteiger charge is 2.48. The smallest absolute Gasteiger partial charge is 0.376 e. The lowest BCUT2D eigenvalue weighted by Gasteiger charge is -2.12. The SMILES string of the molecule is CC(C)c1cc(F)cc(OS(=O)(=O)C(F)(F)F)c1. The lowest BCUT2D eigenvalue weighted by Crippen LogP contribution is -2.28. The summed E-state index contributed by atoms with van der Waals surface area (Å²) in [6.45, 7) is 3.35. The van der Waals surface area contributed by atoms with Crippen LogP contribution in [-0.2, 0) is 10.1 Å². The van der Waals surface area contributed by atoms with Gasteiger partial charge in [0.05, 0.1) is 0 Å². The maximum absolute atomic E-state index is 13.1. The van der Waals surface area contributed by atoms with Gasteiger partial charge in [-0.15, -0.1) is 0 Å². The van der Waals surface area contributed by atoms with Crippen LogP contribution in [0.4, 0.5) is 17.6 Å². The molecule has 0 aliphatic heterocycles. The summed E-state index contributed by atoms with van der Waals surface area (Å²) in [7, 11) is -5.78. The molecule has 0 unspecified atom stereocenters. The van der Waals surface area contributed by atoms with Crippen molar-refractivity contribution in [3.05, 3.63) is 29.6 Å². The Labute approximate surface area is 102 Å². The quantitative estimate of drug-likeness (QED) is 0.487. The average molecular weight is 286 g/mol. The predicted molar refractivity (Wildman–Crippen MR) is 56.1 cm³/mol. The molecule has 18 heavy (non-hydrogen) atoms. The topological polar surface area (TPSA) is 43.4 Å². The molecule has 0 aromatic heterocycles. The summed E-state index contributed by atoms with van der Waals surface area (Å²) in [5, 5.41) is 0. The third kappa shape index (κ3) is 3.34. The molecule has 0 amide bonds. The van der Waals surface area contributed by atoms with E-state index in [1.807, 2.05) is 0 Å². The molecule has 0 N–H and O–H groups in total. The predicted octanol–water partition coefficient (Wildman–Crippen LogP) is 3.18. The van der Waals surface area contributed by atoms with Gasteiger partial charge in [0.25, 0.3) is 0 Å². The summed E-state index contributed by atoms with van der Waals surface area (Å²) < 4.78 is 74.7. The van der Waals surface area contributed by atoms with Crippen LogP contribution in [0.2, 0.25) is 0 Å². The van der Waals surface area contributed by atoms with Gasteiger partial charge in [-0.2, -0.15) is 21.6 Å². The first-order chi connectivity index (χ1) is 8.03. The van der Waals surface area contributed by atoms with Gasteiger partial charge in [0, 0.05) is 6.07 Å². The van der Waals surface area contributed by atoms with Gasteiger partial charge in [0.15, 0.2) is 0 Å². The third-order valence-electron chi connectivity index (χ3n) is 2.05. The highest BCUT2D eigenvalue weighted by molar-refractivity contribution is 7.87. The summed E-state index contributed by atoms with van der Waals surface area (Å²) in [6.07, 6.45) is 0. The van der Waals surface area contributed by atoms with Gasteiger partial charge in [-0.25, -0.2) is 4.39 Å². The molecule has 0 bridgehead atoms. The molecule has 0 radical (unpaired) electrons. The Morgan fingerprint density at radius 2 is 1.72 bits per heavy atom. The molecular formula is C10H10F4O3S. The molecule has 1 aromatic carbocycles. The minimum absolute atomic E-state index is 0.184. The van der Waals surface area contributed by atoms with Crippen LogP contribution in [0.15, 0.2) is 18.2 Å². The van der Waals surface area contributed by atoms with Crippen LogP contribution in [0.3, 0.4) is 0 Å². The maximum atomic E-state index is 13.1. The molecule has 102 valence electrons. The van der Waals surface area contributed by atoms with Crippen molar-refractivity contribution >= 4 is 10.1 Å². The zero-order chi connectivity index (χ0) is 14.1. The van der Waals surface area contributed by atoms with Crippen molar-refractivity contribution in [2.24, 2.45) is 0 Å². The first-order valence-electron chi connectivity index (χ1n) is 4.84. The molecule has 3 nitrogen and oxygen atoms in total. The number of halogens is 4. The molecule has 0 aliphatic rings. The molecule has 8 heteroatoms. The highest BCUT2D eigenvalue weighted by Crippen LogP contribution is 2.29. The second kappa shape index (κ2) is 4.75. The lowest BCUT2D eigenvalue weighted by molar-refractivity contribution is -0.0500. The normalized spacial score (nSPS) is 12.8. The average Bonchev–Trinajstić information content (AvgIpc) is 2.13. The van der Waals surface area contributed by atoms with Crippen molar-refractivity contribution in [2.75, 3.05) is 0 Å². The first-order valence-corrected chi connectivity index (χ1v) is 6.25. The van der Waals surface area contributed by atoms with Gasteiger partial charge in [-0.3, -0.25) is 0 Å². The second-order valence-corrected chi connectivity index (χ2v) is 5.40. The summed E-state index contributed by atoms with van der Waals surface area (Å²) in [4.78, 5) is 0. The number of hydrogen-bond acceptors (Lipinski definition) is 3. The van der Waals surface area contributed by atoms with Crippen LogP contribution in [0.1, 0.15) is 25.3 Å². The van der Waals surface area contributed by atoms with E-state index in [1.54, 1.807) is 13.8 Å². The van der Waals surface area contributed by atoms with Crippen molar-refractivity contribution < 1.29 is 30.2 Å². The Bertz CT molecular complexity index is 535. The molecule has 0 atom stereocenters. The zero-order valence-electron chi connectivity index (χ0n) is 9.45. The summed E-state index contributed by atoms with van der Waals surface area (Å²) in [5.41, 5.74) is -5.21. The Hall–Kier alpha value is -1.31. The molecule has 0 heterocycles. The van der Waals surface area contributed by atoms with E-state index in [-0.39, 0.29) is 5.92 Å². The Kier molecular flexibility index (Phi) is 3.89. The van der Waals surface area contributed by atoms with Gasteiger partial charge in [-0.05, 0) is 23.6 Å². The van der Waals surface area contributed by atoms with E-state index in [4.69, 9.17) is 0 Å². The fourth-order valence-corrected chi connectivity index (χ4v) is 1.58. The molecule has 0 saturated carbocycles. The van der Waals surface area contributed by atoms with Gasteiger partial charge >= 0.3 is 15.6 Å². The standard InChI is InChI=1S/C10H10F4O3S/c1-6(2)7-3-8(11)5-9(4-7)17-18(15,16)10(12,13)14/h3-6H,1-2H3. The molecule has 0 fully saturated rings. The summed E-state index contributed by atoms with van der Waals surface area (Å²) >= 11 is 0. The van der Waals surface area contributed by atoms with Gasteiger partial charge in [-0.1, -0.05) is 13.8 Å². The Morgan fingerprint density at radius 3 is 2.17 bits per heavy atom. The van der Waals surface area contributed by atoms with E-state index < -0.39 is 27.2 Å². The maximum Gasteiger partial charge on any atom is 0.534 e. The van der Waals surface area contributed by atoms with Crippen molar-refractivity contribution in [1.29, 1.82) is 0 Å². The minimum atomic E-state index is -5.78. The monoisotopic (exact) mass is 286 g/mol. The van der Waals surface area contributed by atoms with Crippen molar-refractivity contribution in [3.63, 3.8) is 0 Å². The van der Waals surface area contributed by atoms with E-state index >= 15 is 0 Å². The molecule has 0 spiro atoms. The Balaban J connectivity index is 3.13. The zero-order valence-corrected chi connectivity index (χ0v) is 10.3. The van der Waals surface area contributed by atoms with Gasteiger partial charge in [0.2, 0.25) is 0 Å². The number of hydrogen-bond donors (Lipinski definition) is 0. The molecule has 1 aromatic rings. The number of rotatable bonds is 3. The second-order valence-electron chi connectivity index (χ2n) is 3.86. The first kappa shape index (κ1) is 14.7. The molecular weight excluding hydrogens is 276 g/mol. The third-order valence-corrected chi connectivity index (χ3v) is 3.03. The van der Waals surface area contributed by atoms with Crippen LogP contribution in [0.5, 0.6) is 5.75 Å². The fourth-order valence-electron chi connectivity index (χ4n) is 1.14. The number of alkyl halides is 3. The van der Waals surface area contributed by atoms with Crippen LogP contribution < -0.4 is 4.18 Å². The van der Waals surface area contributed by atoms with Crippen molar-refractivity contribution in [2.45, 2.75) is 25.3 Å². The van der Waals surface area contributed by atoms with E-state index in [9.17, 15) is 26.0 Å². The van der Waals surface area contributed by atoms with E-state index in [0.717, 1.165) is 12.1 Å². The lowest BCUT2D eigenvalue weighted by atomic mass is 10.0. The molecule has 0 saturated heterocycles. The summed E-state index contributed by atoms with van der Waals surface area (Å²) in [5.74, 6) is -1.75. The highest BCUT2D eigenvalue weighted by atomic mass is 32.2. The van der Waals surface area contributed by atoms with Crippen LogP contribution in [0.25, 0.3) is 0 Å². The van der Waals surface area contributed by atoms with Crippen LogP contribution >= 0.6 is 0 Å². The van der Waals surface area contributed by atoms with Crippen molar-refractivity contribution in [1.82, 2.24) is 0 Å². The minimum Gasteiger partial charge on any atom is -0.376 e. The number of benzene rings is 1. The van der Waals surface area contributed by atoms with Crippen LogP contribution in [0, 0.1) is 5.82 Å². The van der Waals surface area contributed by atoms with E-state index in [0.29, 0.717) is 11.6 Å². The van der Waals surface area contributed by atoms with Gasteiger partial charge < -0.3 is 4.18 Å². The van der Waals surface area contributed by atoms with Crippen molar-refractivity contribution in [3.8, 4) is 5.75 Å². The molecule has 0 aliphatic carbocycles. The molecule has 1 rings (SSSR count). The van der Waals surface area contributed by atoms with Crippen LogP contribution in [-0.4, -0.2) is 13.9 Å². The fraction of sp³-hybridized carbons (Fsp3) is 0.400. The van der Waals surface area contributed by atoms with Gasteiger partial charge in [0.1, 0.15) is 11.6 Å². The van der Waals surface area contributed by atoms with E-state index in [2.05, 4.69) is 4.18 Å². The summed E-state index contributed by atoms with van der Waals surface area (Å²) in [6, 6.07) is 2.73. The Morgan fingerprint density at radius 1 is 1.17 bits per heavy atom. The van der Waals surface area contributed by atoms with E-state index in [1.165, 1.54) is 0 Å². The largest absolute Gasteiger partial charge is 0.534 e.